The highest BCUT2D eigenvalue weighted by Crippen LogP contribution is 2.71. The van der Waals surface area contributed by atoms with Gasteiger partial charge in [-0.1, -0.05) is 29.8 Å². The van der Waals surface area contributed by atoms with Crippen LogP contribution in [0.25, 0.3) is 0 Å². The first kappa shape index (κ1) is 13.9. The molecular weight excluding hydrogens is 274 g/mol. The van der Waals surface area contributed by atoms with Crippen LogP contribution in [0.5, 0.6) is 0 Å². The van der Waals surface area contributed by atoms with Crippen molar-refractivity contribution < 1.29 is 9.53 Å². The Bertz CT molecular complexity index is 513. The van der Waals surface area contributed by atoms with Gasteiger partial charge in [0.05, 0.1) is 6.61 Å². The second-order valence-corrected chi connectivity index (χ2v) is 6.37. The number of carbonyl (C=O) groups is 1. The Morgan fingerprint density at radius 3 is 2.80 bits per heavy atom. The summed E-state index contributed by atoms with van der Waals surface area (Å²) in [5, 5.41) is 0.722. The Morgan fingerprint density at radius 2 is 2.20 bits per heavy atom. The lowest BCUT2D eigenvalue weighted by Gasteiger charge is -2.23. The van der Waals surface area contributed by atoms with E-state index in [4.69, 9.17) is 16.3 Å². The van der Waals surface area contributed by atoms with Crippen LogP contribution in [0.3, 0.4) is 0 Å². The van der Waals surface area contributed by atoms with Gasteiger partial charge in [-0.15, -0.1) is 0 Å². The van der Waals surface area contributed by atoms with E-state index >= 15 is 0 Å². The average Bonchev–Trinajstić information content (AvgIpc) is 3.36. The fourth-order valence-corrected chi connectivity index (χ4v) is 3.13. The molecule has 2 aliphatic carbocycles. The minimum atomic E-state index is 0.252. The summed E-state index contributed by atoms with van der Waals surface area (Å²) in [6, 6.07) is 7.72. The van der Waals surface area contributed by atoms with E-state index < -0.39 is 0 Å². The normalized spacial score (nSPS) is 21.8. The third-order valence-corrected chi connectivity index (χ3v) is 4.94. The highest BCUT2D eigenvalue weighted by atomic mass is 35.5. The van der Waals surface area contributed by atoms with Gasteiger partial charge in [0, 0.05) is 31.1 Å². The molecule has 1 spiro atoms. The number of carbonyl (C=O) groups excluding carboxylic acids is 1. The van der Waals surface area contributed by atoms with Gasteiger partial charge in [-0.3, -0.25) is 4.79 Å². The van der Waals surface area contributed by atoms with Crippen molar-refractivity contribution >= 4 is 17.5 Å². The monoisotopic (exact) mass is 293 g/mol. The summed E-state index contributed by atoms with van der Waals surface area (Å²) < 4.78 is 5.13. The molecule has 1 aromatic carbocycles. The third-order valence-electron chi connectivity index (χ3n) is 4.58. The molecule has 108 valence electrons. The van der Waals surface area contributed by atoms with Crippen LogP contribution >= 0.6 is 11.6 Å². The Labute approximate surface area is 124 Å². The molecule has 0 unspecified atom stereocenters. The molecule has 0 bridgehead atoms. The van der Waals surface area contributed by atoms with Crippen molar-refractivity contribution in [3.63, 3.8) is 0 Å². The fourth-order valence-electron chi connectivity index (χ4n) is 2.93. The van der Waals surface area contributed by atoms with Crippen LogP contribution in [0.2, 0.25) is 5.02 Å². The maximum absolute atomic E-state index is 12.6. The first-order chi connectivity index (χ1) is 9.66. The van der Waals surface area contributed by atoms with E-state index in [1.165, 1.54) is 12.8 Å². The molecule has 0 saturated heterocycles. The van der Waals surface area contributed by atoms with Gasteiger partial charge >= 0.3 is 0 Å². The molecule has 1 atom stereocenters. The number of ether oxygens (including phenoxy) is 1. The van der Waals surface area contributed by atoms with Gasteiger partial charge in [-0.05, 0) is 36.3 Å². The SMILES string of the molecule is COCCN(Cc1ccccc1Cl)C(=O)[C@@H]1CC12CC2. The van der Waals surface area contributed by atoms with E-state index in [0.29, 0.717) is 25.1 Å². The maximum Gasteiger partial charge on any atom is 0.226 e. The molecule has 2 saturated carbocycles. The summed E-state index contributed by atoms with van der Waals surface area (Å²) >= 11 is 6.20. The molecular formula is C16H20ClNO2. The van der Waals surface area contributed by atoms with Crippen LogP contribution in [0.15, 0.2) is 24.3 Å². The number of amides is 1. The van der Waals surface area contributed by atoms with E-state index in [2.05, 4.69) is 0 Å². The number of nitrogens with zero attached hydrogens (tertiary/aromatic N) is 1. The van der Waals surface area contributed by atoms with Gasteiger partial charge in [0.25, 0.3) is 0 Å². The average molecular weight is 294 g/mol. The molecule has 2 fully saturated rings. The summed E-state index contributed by atoms with van der Waals surface area (Å²) in [6.07, 6.45) is 3.54. The zero-order valence-corrected chi connectivity index (χ0v) is 12.5. The first-order valence-electron chi connectivity index (χ1n) is 7.17. The van der Waals surface area contributed by atoms with E-state index in [9.17, 15) is 4.79 Å². The zero-order chi connectivity index (χ0) is 14.2. The van der Waals surface area contributed by atoms with Crippen LogP contribution in [0.4, 0.5) is 0 Å². The Morgan fingerprint density at radius 1 is 1.45 bits per heavy atom. The fraction of sp³-hybridized carbons (Fsp3) is 0.562. The van der Waals surface area contributed by atoms with Crippen molar-refractivity contribution in [3.8, 4) is 0 Å². The lowest BCUT2D eigenvalue weighted by atomic mass is 10.2. The largest absolute Gasteiger partial charge is 0.383 e. The minimum absolute atomic E-state index is 0.252. The summed E-state index contributed by atoms with van der Waals surface area (Å²) in [6.45, 7) is 1.78. The number of hydrogen-bond donors (Lipinski definition) is 0. The minimum Gasteiger partial charge on any atom is -0.383 e. The number of benzene rings is 1. The highest BCUT2D eigenvalue weighted by Gasteiger charge is 2.66. The van der Waals surface area contributed by atoms with E-state index in [0.717, 1.165) is 17.0 Å². The van der Waals surface area contributed by atoms with Gasteiger partial charge in [-0.2, -0.15) is 0 Å². The molecule has 0 aliphatic heterocycles. The Hall–Kier alpha value is -1.06. The quantitative estimate of drug-likeness (QED) is 0.806. The van der Waals surface area contributed by atoms with E-state index in [1.54, 1.807) is 7.11 Å². The van der Waals surface area contributed by atoms with Crippen molar-refractivity contribution in [3.05, 3.63) is 34.9 Å². The second kappa shape index (κ2) is 5.38. The van der Waals surface area contributed by atoms with E-state index in [-0.39, 0.29) is 11.8 Å². The van der Waals surface area contributed by atoms with E-state index in [1.807, 2.05) is 29.2 Å². The second-order valence-electron chi connectivity index (χ2n) is 5.96. The molecule has 1 aromatic rings. The molecule has 0 heterocycles. The third kappa shape index (κ3) is 2.70. The summed E-state index contributed by atoms with van der Waals surface area (Å²) in [4.78, 5) is 14.5. The smallest absolute Gasteiger partial charge is 0.226 e. The van der Waals surface area contributed by atoms with Crippen LogP contribution in [0.1, 0.15) is 24.8 Å². The van der Waals surface area contributed by atoms with Crippen LogP contribution < -0.4 is 0 Å². The summed E-state index contributed by atoms with van der Waals surface area (Å²) in [5.74, 6) is 0.529. The summed E-state index contributed by atoms with van der Waals surface area (Å²) in [7, 11) is 1.66. The predicted octanol–water partition coefficient (Wildman–Crippen LogP) is 3.12. The molecule has 0 aromatic heterocycles. The highest BCUT2D eigenvalue weighted by molar-refractivity contribution is 6.31. The molecule has 0 radical (unpaired) electrons. The van der Waals surface area contributed by atoms with Gasteiger partial charge < -0.3 is 9.64 Å². The lowest BCUT2D eigenvalue weighted by Crippen LogP contribution is -2.35. The van der Waals surface area contributed by atoms with Gasteiger partial charge in [0.15, 0.2) is 0 Å². The number of methoxy groups -OCH3 is 1. The molecule has 4 heteroatoms. The van der Waals surface area contributed by atoms with Crippen molar-refractivity contribution in [2.24, 2.45) is 11.3 Å². The predicted molar refractivity (Wildman–Crippen MR) is 78.5 cm³/mol. The lowest BCUT2D eigenvalue weighted by molar-refractivity contribution is -0.134. The maximum atomic E-state index is 12.6. The molecule has 1 amide bonds. The molecule has 20 heavy (non-hydrogen) atoms. The molecule has 3 rings (SSSR count). The molecule has 2 aliphatic rings. The zero-order valence-electron chi connectivity index (χ0n) is 11.8. The van der Waals surface area contributed by atoms with Gasteiger partial charge in [0.2, 0.25) is 5.91 Å². The van der Waals surface area contributed by atoms with Crippen molar-refractivity contribution in [1.82, 2.24) is 4.90 Å². The molecule has 0 N–H and O–H groups in total. The Kier molecular flexibility index (Phi) is 3.74. The van der Waals surface area contributed by atoms with Crippen LogP contribution in [-0.2, 0) is 16.1 Å². The Balaban J connectivity index is 1.69. The number of hydrogen-bond acceptors (Lipinski definition) is 2. The van der Waals surface area contributed by atoms with Crippen molar-refractivity contribution in [2.75, 3.05) is 20.3 Å². The number of halogens is 1. The number of rotatable bonds is 6. The summed E-state index contributed by atoms with van der Waals surface area (Å²) in [5.41, 5.74) is 1.40. The van der Waals surface area contributed by atoms with Gasteiger partial charge in [0.1, 0.15) is 0 Å². The van der Waals surface area contributed by atoms with Crippen LogP contribution in [-0.4, -0.2) is 31.1 Å². The van der Waals surface area contributed by atoms with Gasteiger partial charge in [-0.25, -0.2) is 0 Å². The topological polar surface area (TPSA) is 29.5 Å². The van der Waals surface area contributed by atoms with Crippen LogP contribution in [0, 0.1) is 11.3 Å². The van der Waals surface area contributed by atoms with Crippen molar-refractivity contribution in [1.29, 1.82) is 0 Å². The standard InChI is InChI=1S/C16H20ClNO2/c1-20-9-8-18(11-12-4-2-3-5-14(12)17)15(19)13-10-16(13)6-7-16/h2-5,13H,6-11H2,1H3/t13-/m0/s1. The first-order valence-corrected chi connectivity index (χ1v) is 7.55. The molecule has 3 nitrogen and oxygen atoms in total. The van der Waals surface area contributed by atoms with Crippen molar-refractivity contribution in [2.45, 2.75) is 25.8 Å².